The molecule has 2 heteroatoms. The van der Waals surface area contributed by atoms with Gasteiger partial charge in [-0.2, -0.15) is 0 Å². The van der Waals surface area contributed by atoms with Crippen LogP contribution in [0.2, 0.25) is 0 Å². The zero-order valence-electron chi connectivity index (χ0n) is 11.2. The van der Waals surface area contributed by atoms with Crippen LogP contribution in [0.4, 0.5) is 0 Å². The van der Waals surface area contributed by atoms with Crippen molar-refractivity contribution in [1.29, 1.82) is 0 Å². The van der Waals surface area contributed by atoms with Gasteiger partial charge in [0.1, 0.15) is 11.5 Å². The van der Waals surface area contributed by atoms with Gasteiger partial charge in [-0.1, -0.05) is 30.3 Å². The van der Waals surface area contributed by atoms with Crippen LogP contribution >= 0.6 is 0 Å². The highest BCUT2D eigenvalue weighted by atomic mass is 16.5. The Labute approximate surface area is 109 Å². The summed E-state index contributed by atoms with van der Waals surface area (Å²) in [5, 5.41) is 0. The van der Waals surface area contributed by atoms with Crippen LogP contribution in [-0.2, 0) is 6.54 Å². The third kappa shape index (κ3) is 3.34. The van der Waals surface area contributed by atoms with Crippen LogP contribution in [-0.4, -0.2) is 19.0 Å². The van der Waals surface area contributed by atoms with Gasteiger partial charge in [-0.3, -0.25) is 0 Å². The van der Waals surface area contributed by atoms with Crippen LogP contribution in [0.15, 0.2) is 48.5 Å². The first-order chi connectivity index (χ1) is 8.65. The molecule has 0 aliphatic heterocycles. The van der Waals surface area contributed by atoms with Gasteiger partial charge in [0.05, 0.1) is 0 Å². The molecule has 2 aromatic carbocycles. The second-order valence-corrected chi connectivity index (χ2v) is 4.75. The van der Waals surface area contributed by atoms with Crippen molar-refractivity contribution in [3.8, 4) is 11.5 Å². The lowest BCUT2D eigenvalue weighted by Gasteiger charge is -2.11. The molecule has 0 bridgehead atoms. The van der Waals surface area contributed by atoms with E-state index in [-0.39, 0.29) is 0 Å². The molecule has 94 valence electrons. The summed E-state index contributed by atoms with van der Waals surface area (Å²) in [6.07, 6.45) is 0. The molecule has 0 spiro atoms. The molecule has 0 saturated heterocycles. The summed E-state index contributed by atoms with van der Waals surface area (Å²) in [5.74, 6) is 1.80. The lowest BCUT2D eigenvalue weighted by atomic mass is 10.2. The van der Waals surface area contributed by atoms with E-state index >= 15 is 0 Å². The van der Waals surface area contributed by atoms with E-state index in [1.54, 1.807) is 0 Å². The maximum Gasteiger partial charge on any atom is 0.130 e. The first kappa shape index (κ1) is 12.7. The van der Waals surface area contributed by atoms with Crippen LogP contribution in [0, 0.1) is 6.92 Å². The molecule has 0 unspecified atom stereocenters. The topological polar surface area (TPSA) is 12.5 Å². The third-order valence-corrected chi connectivity index (χ3v) is 2.74. The maximum atomic E-state index is 5.86. The van der Waals surface area contributed by atoms with Crippen molar-refractivity contribution in [2.24, 2.45) is 0 Å². The number of hydrogen-bond donors (Lipinski definition) is 0. The van der Waals surface area contributed by atoms with Crippen molar-refractivity contribution in [1.82, 2.24) is 4.90 Å². The Balaban J connectivity index is 2.09. The fraction of sp³-hybridized carbons (Fsp3) is 0.250. The summed E-state index contributed by atoms with van der Waals surface area (Å²) in [5.41, 5.74) is 2.44. The molecule has 18 heavy (non-hydrogen) atoms. The Morgan fingerprint density at radius 3 is 2.22 bits per heavy atom. The highest BCUT2D eigenvalue weighted by molar-refractivity contribution is 5.37. The minimum Gasteiger partial charge on any atom is -0.457 e. The van der Waals surface area contributed by atoms with E-state index in [0.29, 0.717) is 0 Å². The highest BCUT2D eigenvalue weighted by Crippen LogP contribution is 2.24. The molecule has 0 aliphatic rings. The van der Waals surface area contributed by atoms with Crippen LogP contribution in [0.25, 0.3) is 0 Å². The van der Waals surface area contributed by atoms with Gasteiger partial charge in [0.25, 0.3) is 0 Å². The number of ether oxygens (including phenoxy) is 1. The van der Waals surface area contributed by atoms with E-state index in [4.69, 9.17) is 4.74 Å². The molecule has 0 atom stereocenters. The molecule has 0 radical (unpaired) electrons. The van der Waals surface area contributed by atoms with Crippen molar-refractivity contribution in [3.05, 3.63) is 59.7 Å². The number of benzene rings is 2. The second-order valence-electron chi connectivity index (χ2n) is 4.75. The summed E-state index contributed by atoms with van der Waals surface area (Å²) in [7, 11) is 4.13. The van der Waals surface area contributed by atoms with Crippen molar-refractivity contribution in [2.75, 3.05) is 14.1 Å². The molecule has 0 amide bonds. The molecular formula is C16H19NO. The fourth-order valence-electron chi connectivity index (χ4n) is 1.83. The summed E-state index contributed by atoms with van der Waals surface area (Å²) in [4.78, 5) is 2.15. The number of hydrogen-bond acceptors (Lipinski definition) is 2. The Hall–Kier alpha value is -1.80. The molecule has 0 N–H and O–H groups in total. The normalized spacial score (nSPS) is 10.7. The van der Waals surface area contributed by atoms with Gasteiger partial charge in [0, 0.05) is 6.54 Å². The van der Waals surface area contributed by atoms with E-state index in [1.807, 2.05) is 30.3 Å². The molecular weight excluding hydrogens is 222 g/mol. The highest BCUT2D eigenvalue weighted by Gasteiger charge is 2.01. The third-order valence-electron chi connectivity index (χ3n) is 2.74. The van der Waals surface area contributed by atoms with Crippen LogP contribution in [0.1, 0.15) is 11.1 Å². The number of aryl methyl sites for hydroxylation is 1. The molecule has 0 fully saturated rings. The first-order valence-electron chi connectivity index (χ1n) is 6.12. The van der Waals surface area contributed by atoms with Crippen LogP contribution in [0.3, 0.4) is 0 Å². The monoisotopic (exact) mass is 241 g/mol. The van der Waals surface area contributed by atoms with Crippen LogP contribution < -0.4 is 4.74 Å². The lowest BCUT2D eigenvalue weighted by molar-refractivity contribution is 0.402. The van der Waals surface area contributed by atoms with Gasteiger partial charge in [-0.25, -0.2) is 0 Å². The quantitative estimate of drug-likeness (QED) is 0.806. The van der Waals surface area contributed by atoms with E-state index in [2.05, 4.69) is 44.1 Å². The van der Waals surface area contributed by atoms with Crippen molar-refractivity contribution in [2.45, 2.75) is 13.5 Å². The Morgan fingerprint density at radius 1 is 0.944 bits per heavy atom. The first-order valence-corrected chi connectivity index (χ1v) is 6.12. The molecule has 2 rings (SSSR count). The summed E-state index contributed by atoms with van der Waals surface area (Å²) in [6, 6.07) is 16.3. The van der Waals surface area contributed by atoms with E-state index in [9.17, 15) is 0 Å². The molecule has 0 aromatic heterocycles. The number of para-hydroxylation sites is 1. The van der Waals surface area contributed by atoms with Gasteiger partial charge >= 0.3 is 0 Å². The predicted molar refractivity (Wildman–Crippen MR) is 75.1 cm³/mol. The second kappa shape index (κ2) is 5.69. The lowest BCUT2D eigenvalue weighted by Crippen LogP contribution is -2.10. The minimum absolute atomic E-state index is 0.881. The largest absolute Gasteiger partial charge is 0.457 e. The van der Waals surface area contributed by atoms with Gasteiger partial charge in [-0.05, 0) is 50.3 Å². The number of nitrogens with zero attached hydrogens (tertiary/aromatic N) is 1. The van der Waals surface area contributed by atoms with Crippen molar-refractivity contribution in [3.63, 3.8) is 0 Å². The molecule has 2 nitrogen and oxygen atoms in total. The van der Waals surface area contributed by atoms with Gasteiger partial charge in [0.15, 0.2) is 0 Å². The average Bonchev–Trinajstić information content (AvgIpc) is 2.34. The standard InChI is InChI=1S/C16H19NO/c1-13-6-4-5-7-16(13)18-15-10-8-14(9-11-15)12-17(2)3/h4-11H,12H2,1-3H3. The predicted octanol–water partition coefficient (Wildman–Crippen LogP) is 3.85. The van der Waals surface area contributed by atoms with Gasteiger partial charge in [-0.15, -0.1) is 0 Å². The smallest absolute Gasteiger partial charge is 0.130 e. The average molecular weight is 241 g/mol. The summed E-state index contributed by atoms with van der Waals surface area (Å²) < 4.78 is 5.86. The Morgan fingerprint density at radius 2 is 1.61 bits per heavy atom. The Kier molecular flexibility index (Phi) is 4.00. The Bertz CT molecular complexity index is 503. The van der Waals surface area contributed by atoms with Crippen LogP contribution in [0.5, 0.6) is 11.5 Å². The molecule has 0 saturated carbocycles. The molecule has 0 heterocycles. The van der Waals surface area contributed by atoms with E-state index < -0.39 is 0 Å². The molecule has 0 aliphatic carbocycles. The maximum absolute atomic E-state index is 5.86. The van der Waals surface area contributed by atoms with Crippen molar-refractivity contribution >= 4 is 0 Å². The van der Waals surface area contributed by atoms with Gasteiger partial charge < -0.3 is 9.64 Å². The summed E-state index contributed by atoms with van der Waals surface area (Å²) >= 11 is 0. The van der Waals surface area contributed by atoms with Crippen molar-refractivity contribution < 1.29 is 4.74 Å². The minimum atomic E-state index is 0.881. The molecule has 2 aromatic rings. The van der Waals surface area contributed by atoms with Gasteiger partial charge in [0.2, 0.25) is 0 Å². The zero-order chi connectivity index (χ0) is 13.0. The van der Waals surface area contributed by atoms with E-state index in [0.717, 1.165) is 23.6 Å². The SMILES string of the molecule is Cc1ccccc1Oc1ccc(CN(C)C)cc1. The summed E-state index contributed by atoms with van der Waals surface area (Å²) in [6.45, 7) is 3.00. The number of rotatable bonds is 4. The zero-order valence-corrected chi connectivity index (χ0v) is 11.2. The fourth-order valence-corrected chi connectivity index (χ4v) is 1.83. The van der Waals surface area contributed by atoms with E-state index in [1.165, 1.54) is 5.56 Å².